The van der Waals surface area contributed by atoms with Gasteiger partial charge < -0.3 is 10.0 Å². The van der Waals surface area contributed by atoms with Crippen LogP contribution in [-0.4, -0.2) is 43.8 Å². The van der Waals surface area contributed by atoms with E-state index in [1.54, 1.807) is 21.7 Å². The molecule has 1 N–H and O–H groups in total. The Morgan fingerprint density at radius 2 is 2.03 bits per heavy atom. The Bertz CT molecular complexity index is 1100. The Balaban J connectivity index is 1.69. The first-order valence-corrected chi connectivity index (χ1v) is 9.72. The molecule has 2 aromatic heterocycles. The molecule has 1 aliphatic heterocycles. The summed E-state index contributed by atoms with van der Waals surface area (Å²) in [6.07, 6.45) is -1.52. The van der Waals surface area contributed by atoms with Crippen molar-refractivity contribution in [3.63, 3.8) is 0 Å². The first kappa shape index (κ1) is 20.2. The number of hydrogen-bond acceptors (Lipinski definition) is 4. The van der Waals surface area contributed by atoms with Crippen molar-refractivity contribution in [1.29, 1.82) is 0 Å². The average molecular weight is 418 g/mol. The lowest BCUT2D eigenvalue weighted by Gasteiger charge is -2.31. The number of aryl methyl sites for hydroxylation is 1. The quantitative estimate of drug-likeness (QED) is 0.688. The maximum atomic E-state index is 13.0. The smallest absolute Gasteiger partial charge is 0.416 e. The van der Waals surface area contributed by atoms with E-state index in [9.17, 15) is 23.1 Å². The lowest BCUT2D eigenvalue weighted by molar-refractivity contribution is -0.137. The van der Waals surface area contributed by atoms with Gasteiger partial charge in [0.05, 0.1) is 17.3 Å². The number of likely N-dealkylation sites (N-methyl/N-ethyl adjacent to an activating group) is 1. The average Bonchev–Trinajstić information content (AvgIpc) is 3.10. The normalized spacial score (nSPS) is 17.7. The van der Waals surface area contributed by atoms with E-state index in [1.807, 2.05) is 13.1 Å². The Kier molecular flexibility index (Phi) is 4.91. The van der Waals surface area contributed by atoms with Crippen LogP contribution in [0.5, 0.6) is 5.75 Å². The highest BCUT2D eigenvalue weighted by atomic mass is 19.4. The lowest BCUT2D eigenvalue weighted by Crippen LogP contribution is -2.40. The van der Waals surface area contributed by atoms with Crippen LogP contribution in [0.25, 0.3) is 22.3 Å². The van der Waals surface area contributed by atoms with E-state index in [-0.39, 0.29) is 23.1 Å². The number of benzene rings is 1. The molecule has 9 heteroatoms. The summed E-state index contributed by atoms with van der Waals surface area (Å²) in [5.41, 5.74) is 0.411. The van der Waals surface area contributed by atoms with Crippen molar-refractivity contribution in [2.24, 2.45) is 0 Å². The molecule has 1 saturated heterocycles. The van der Waals surface area contributed by atoms with Crippen LogP contribution in [-0.2, 0) is 11.0 Å². The highest BCUT2D eigenvalue weighted by Gasteiger charge is 2.32. The maximum Gasteiger partial charge on any atom is 0.416 e. The number of carbonyl (C=O) groups excluding carboxylic acids is 1. The predicted molar refractivity (Wildman–Crippen MR) is 105 cm³/mol. The number of likely N-dealkylation sites (tertiary alicyclic amines) is 1. The zero-order valence-electron chi connectivity index (χ0n) is 16.6. The molecule has 1 atom stereocenters. The topological polar surface area (TPSA) is 71.2 Å². The van der Waals surface area contributed by atoms with Crippen LogP contribution < -0.4 is 0 Å². The molecule has 0 aliphatic carbocycles. The number of rotatable bonds is 3. The third kappa shape index (κ3) is 3.59. The number of phenolic OH excluding ortho intramolecular Hbond substituents is 1. The predicted octanol–water partition coefficient (Wildman–Crippen LogP) is 4.31. The molecule has 0 bridgehead atoms. The number of nitrogens with zero attached hydrogens (tertiary/aromatic N) is 4. The minimum Gasteiger partial charge on any atom is -0.507 e. The zero-order chi connectivity index (χ0) is 21.6. The van der Waals surface area contributed by atoms with Gasteiger partial charge in [-0.2, -0.15) is 18.3 Å². The molecule has 3 aromatic rings. The van der Waals surface area contributed by atoms with Gasteiger partial charge in [-0.15, -0.1) is 0 Å². The van der Waals surface area contributed by atoms with Crippen LogP contribution in [0.2, 0.25) is 0 Å². The summed E-state index contributed by atoms with van der Waals surface area (Å²) in [6, 6.07) is 5.19. The van der Waals surface area contributed by atoms with E-state index in [0.29, 0.717) is 43.3 Å². The van der Waals surface area contributed by atoms with Crippen LogP contribution in [0.1, 0.15) is 36.9 Å². The number of carbonyl (C=O) groups is 1. The molecule has 3 heterocycles. The third-order valence-electron chi connectivity index (χ3n) is 5.52. The molecule has 6 nitrogen and oxygen atoms in total. The highest BCUT2D eigenvalue weighted by Crippen LogP contribution is 2.38. The highest BCUT2D eigenvalue weighted by molar-refractivity contribution is 5.81. The Morgan fingerprint density at radius 1 is 1.27 bits per heavy atom. The molecule has 1 amide bonds. The van der Waals surface area contributed by atoms with E-state index in [4.69, 9.17) is 0 Å². The van der Waals surface area contributed by atoms with Gasteiger partial charge in [-0.25, -0.2) is 4.98 Å². The molecule has 0 spiro atoms. The Labute approximate surface area is 170 Å². The van der Waals surface area contributed by atoms with Crippen LogP contribution in [0.3, 0.4) is 0 Å². The monoisotopic (exact) mass is 418 g/mol. The van der Waals surface area contributed by atoms with Crippen molar-refractivity contribution >= 4 is 16.9 Å². The molecule has 158 valence electrons. The second kappa shape index (κ2) is 7.30. The van der Waals surface area contributed by atoms with Gasteiger partial charge in [0.2, 0.25) is 5.91 Å². The number of amides is 1. The van der Waals surface area contributed by atoms with E-state index in [0.717, 1.165) is 11.5 Å². The van der Waals surface area contributed by atoms with Crippen molar-refractivity contribution in [3.8, 4) is 17.0 Å². The summed E-state index contributed by atoms with van der Waals surface area (Å²) in [5, 5.41) is 15.6. The van der Waals surface area contributed by atoms with Gasteiger partial charge in [0.15, 0.2) is 5.65 Å². The number of piperidine rings is 1. The first-order valence-electron chi connectivity index (χ1n) is 9.72. The zero-order valence-corrected chi connectivity index (χ0v) is 16.6. The van der Waals surface area contributed by atoms with Crippen LogP contribution in [0.15, 0.2) is 30.5 Å². The van der Waals surface area contributed by atoms with E-state index in [2.05, 4.69) is 10.1 Å². The molecular formula is C21H21F3N4O2. The number of pyridine rings is 1. The van der Waals surface area contributed by atoms with Crippen molar-refractivity contribution in [2.75, 3.05) is 13.1 Å². The van der Waals surface area contributed by atoms with Crippen molar-refractivity contribution in [1.82, 2.24) is 19.7 Å². The van der Waals surface area contributed by atoms with E-state index >= 15 is 0 Å². The Hall–Kier alpha value is -3.10. The van der Waals surface area contributed by atoms with Gasteiger partial charge >= 0.3 is 6.18 Å². The summed E-state index contributed by atoms with van der Waals surface area (Å²) < 4.78 is 40.8. The molecule has 1 aromatic carbocycles. The lowest BCUT2D eigenvalue weighted by atomic mass is 10.00. The minimum atomic E-state index is -4.54. The molecule has 0 saturated carbocycles. The Morgan fingerprint density at radius 3 is 2.70 bits per heavy atom. The van der Waals surface area contributed by atoms with Gasteiger partial charge in [0.25, 0.3) is 0 Å². The molecule has 1 aliphatic rings. The standard InChI is InChI=1S/C21H21F3N4O2/c1-3-27-11-15(5-7-18(27)30)28-10-13-4-6-16(25-20(13)26-28)19-12(2)8-14(9-17(19)29)21(22,23)24/h4,6,8-10,15,29H,3,5,7,11H2,1-2H3/t15-/m0/s1. The van der Waals surface area contributed by atoms with Gasteiger partial charge in [-0.3, -0.25) is 9.48 Å². The fraction of sp³-hybridized carbons (Fsp3) is 0.381. The largest absolute Gasteiger partial charge is 0.507 e. The minimum absolute atomic E-state index is 0.0431. The van der Waals surface area contributed by atoms with Crippen LogP contribution >= 0.6 is 0 Å². The first-order chi connectivity index (χ1) is 14.2. The van der Waals surface area contributed by atoms with E-state index < -0.39 is 17.5 Å². The molecule has 0 unspecified atom stereocenters. The summed E-state index contributed by atoms with van der Waals surface area (Å²) in [5.74, 6) is -0.336. The number of alkyl halides is 3. The van der Waals surface area contributed by atoms with E-state index in [1.165, 1.54) is 6.92 Å². The van der Waals surface area contributed by atoms with Crippen molar-refractivity contribution in [2.45, 2.75) is 38.9 Å². The van der Waals surface area contributed by atoms with Gasteiger partial charge in [0.1, 0.15) is 5.75 Å². The molecule has 0 radical (unpaired) electrons. The fourth-order valence-corrected chi connectivity index (χ4v) is 3.93. The second-order valence-electron chi connectivity index (χ2n) is 7.53. The summed E-state index contributed by atoms with van der Waals surface area (Å²) >= 11 is 0. The number of fused-ring (bicyclic) bond motifs is 1. The maximum absolute atomic E-state index is 13.0. The van der Waals surface area contributed by atoms with Gasteiger partial charge in [-0.1, -0.05) is 0 Å². The fourth-order valence-electron chi connectivity index (χ4n) is 3.93. The van der Waals surface area contributed by atoms with Crippen molar-refractivity contribution < 1.29 is 23.1 Å². The number of phenols is 1. The van der Waals surface area contributed by atoms with Crippen LogP contribution in [0.4, 0.5) is 13.2 Å². The molecule has 1 fully saturated rings. The molecular weight excluding hydrogens is 397 g/mol. The van der Waals surface area contributed by atoms with Crippen LogP contribution in [0, 0.1) is 6.92 Å². The second-order valence-corrected chi connectivity index (χ2v) is 7.53. The number of hydrogen-bond donors (Lipinski definition) is 1. The molecule has 4 rings (SSSR count). The summed E-state index contributed by atoms with van der Waals surface area (Å²) in [6.45, 7) is 4.67. The van der Waals surface area contributed by atoms with Gasteiger partial charge in [0, 0.05) is 36.7 Å². The summed E-state index contributed by atoms with van der Waals surface area (Å²) in [7, 11) is 0. The third-order valence-corrected chi connectivity index (χ3v) is 5.52. The summed E-state index contributed by atoms with van der Waals surface area (Å²) in [4.78, 5) is 18.2. The van der Waals surface area contributed by atoms with Gasteiger partial charge in [-0.05, 0) is 50.1 Å². The van der Waals surface area contributed by atoms with Crippen molar-refractivity contribution in [3.05, 3.63) is 41.6 Å². The molecule has 30 heavy (non-hydrogen) atoms. The number of halogens is 3. The number of aromatic hydroxyl groups is 1. The number of aromatic nitrogens is 3. The SMILES string of the molecule is CCN1C[C@@H](n2cc3ccc(-c4c(C)cc(C(F)(F)F)cc4O)nc3n2)CCC1=O.